The van der Waals surface area contributed by atoms with Crippen LogP contribution in [0.2, 0.25) is 0 Å². The van der Waals surface area contributed by atoms with Gasteiger partial charge in [0.1, 0.15) is 0 Å². The molecule has 1 fully saturated rings. The molecule has 0 aliphatic carbocycles. The van der Waals surface area contributed by atoms with E-state index < -0.39 is 16.0 Å². The Morgan fingerprint density at radius 1 is 1.00 bits per heavy atom. The second-order valence-corrected chi connectivity index (χ2v) is 9.09. The second kappa shape index (κ2) is 8.31. The summed E-state index contributed by atoms with van der Waals surface area (Å²) < 4.78 is 28.3. The Morgan fingerprint density at radius 3 is 2.22 bits per heavy atom. The normalized spacial score (nSPS) is 15.2. The second-order valence-electron chi connectivity index (χ2n) is 6.50. The van der Waals surface area contributed by atoms with Gasteiger partial charge in [0, 0.05) is 23.2 Å². The molecule has 1 aliphatic rings. The first-order chi connectivity index (χ1) is 12.9. The van der Waals surface area contributed by atoms with Crippen molar-refractivity contribution in [1.82, 2.24) is 0 Å². The van der Waals surface area contributed by atoms with E-state index in [0.29, 0.717) is 0 Å². The molecule has 1 aliphatic heterocycles. The molecule has 0 aromatic heterocycles. The highest BCUT2D eigenvalue weighted by Gasteiger charge is 2.20. The Bertz CT molecular complexity index is 921. The average Bonchev–Trinajstić information content (AvgIpc) is 2.91. The van der Waals surface area contributed by atoms with E-state index in [1.54, 1.807) is 24.3 Å². The number of hydrogen-bond donors (Lipinski definition) is 2. The molecule has 0 amide bonds. The number of nitrogens with zero attached hydrogens (tertiary/aromatic N) is 1. The van der Waals surface area contributed by atoms with Crippen LogP contribution in [-0.4, -0.2) is 32.6 Å². The van der Waals surface area contributed by atoms with Gasteiger partial charge in [-0.15, -0.1) is 0 Å². The largest absolute Gasteiger partial charge is 0.478 e. The number of benzene rings is 2. The molecule has 0 radical (unpaired) electrons. The van der Waals surface area contributed by atoms with Crippen molar-refractivity contribution in [3.05, 3.63) is 52.5 Å². The molecule has 0 bridgehead atoms. The maximum absolute atomic E-state index is 12.6. The Morgan fingerprint density at radius 2 is 1.63 bits per heavy atom. The molecule has 27 heavy (non-hydrogen) atoms. The third-order valence-electron chi connectivity index (χ3n) is 4.57. The molecule has 0 atom stereocenters. The van der Waals surface area contributed by atoms with Gasteiger partial charge in [-0.1, -0.05) is 28.8 Å². The number of nitrogens with one attached hydrogen (secondary N) is 1. The van der Waals surface area contributed by atoms with Crippen LogP contribution in [0.5, 0.6) is 0 Å². The maximum atomic E-state index is 12.6. The van der Waals surface area contributed by atoms with Gasteiger partial charge in [0.25, 0.3) is 10.0 Å². The zero-order valence-corrected chi connectivity index (χ0v) is 17.1. The van der Waals surface area contributed by atoms with Crippen molar-refractivity contribution in [2.45, 2.75) is 30.6 Å². The van der Waals surface area contributed by atoms with Crippen LogP contribution in [0.1, 0.15) is 36.0 Å². The molecule has 3 rings (SSSR count). The van der Waals surface area contributed by atoms with Crippen LogP contribution >= 0.6 is 15.9 Å². The number of sulfonamides is 1. The summed E-state index contributed by atoms with van der Waals surface area (Å²) in [5, 5.41) is 9.59. The molecule has 1 heterocycles. The first-order valence-electron chi connectivity index (χ1n) is 8.77. The molecule has 2 aromatic rings. The maximum Gasteiger partial charge on any atom is 0.337 e. The summed E-state index contributed by atoms with van der Waals surface area (Å²) in [6.45, 7) is 1.76. The summed E-state index contributed by atoms with van der Waals surface area (Å²) in [7, 11) is -3.88. The number of aromatic carboxylic acids is 1. The van der Waals surface area contributed by atoms with Gasteiger partial charge in [-0.3, -0.25) is 4.72 Å². The van der Waals surface area contributed by atoms with Gasteiger partial charge in [0.15, 0.2) is 0 Å². The molecular weight excluding hydrogens is 432 g/mol. The van der Waals surface area contributed by atoms with Crippen LogP contribution in [-0.2, 0) is 10.0 Å². The Balaban J connectivity index is 1.90. The molecule has 0 saturated carbocycles. The fourth-order valence-electron chi connectivity index (χ4n) is 3.14. The van der Waals surface area contributed by atoms with E-state index in [2.05, 4.69) is 25.6 Å². The molecule has 2 aromatic carbocycles. The highest BCUT2D eigenvalue weighted by molar-refractivity contribution is 9.10. The number of carboxylic acids is 1. The zero-order valence-electron chi connectivity index (χ0n) is 14.7. The standard InChI is InChI=1S/C19H21BrN2O4S/c20-14-5-8-16(9-6-14)27(25,26)21-18-10-7-15(13-17(18)19(23)24)22-11-3-1-2-4-12-22/h5-10,13,21H,1-4,11-12H2,(H,23,24). The van der Waals surface area contributed by atoms with Gasteiger partial charge in [0.2, 0.25) is 0 Å². The highest BCUT2D eigenvalue weighted by Crippen LogP contribution is 2.27. The molecule has 144 valence electrons. The third kappa shape index (κ3) is 4.81. The van der Waals surface area contributed by atoms with Crippen molar-refractivity contribution in [3.63, 3.8) is 0 Å². The van der Waals surface area contributed by atoms with E-state index in [4.69, 9.17) is 0 Å². The minimum atomic E-state index is -3.88. The molecular formula is C19H21BrN2O4S. The Hall–Kier alpha value is -2.06. The lowest BCUT2D eigenvalue weighted by molar-refractivity contribution is 0.0698. The van der Waals surface area contributed by atoms with Crippen molar-refractivity contribution in [3.8, 4) is 0 Å². The summed E-state index contributed by atoms with van der Waals surface area (Å²) in [6.07, 6.45) is 4.49. The number of halogens is 1. The topological polar surface area (TPSA) is 86.7 Å². The third-order valence-corrected chi connectivity index (χ3v) is 6.48. The van der Waals surface area contributed by atoms with Crippen molar-refractivity contribution in [2.24, 2.45) is 0 Å². The lowest BCUT2D eigenvalue weighted by Gasteiger charge is -2.23. The summed E-state index contributed by atoms with van der Waals surface area (Å²) in [4.78, 5) is 14.0. The molecule has 2 N–H and O–H groups in total. The minimum Gasteiger partial charge on any atom is -0.478 e. The Labute approximate surface area is 167 Å². The van der Waals surface area contributed by atoms with Crippen LogP contribution in [0.3, 0.4) is 0 Å². The summed E-state index contributed by atoms with van der Waals surface area (Å²) in [6, 6.07) is 11.0. The van der Waals surface area contributed by atoms with E-state index in [1.807, 2.05) is 0 Å². The van der Waals surface area contributed by atoms with Crippen molar-refractivity contribution >= 4 is 43.3 Å². The van der Waals surface area contributed by atoms with Crippen LogP contribution in [0.15, 0.2) is 51.8 Å². The minimum absolute atomic E-state index is 0.0579. The summed E-state index contributed by atoms with van der Waals surface area (Å²) >= 11 is 3.26. The van der Waals surface area contributed by atoms with Gasteiger partial charge in [0.05, 0.1) is 16.1 Å². The van der Waals surface area contributed by atoms with Crippen LogP contribution in [0, 0.1) is 0 Å². The summed E-state index contributed by atoms with van der Waals surface area (Å²) in [5.74, 6) is -1.17. The monoisotopic (exact) mass is 452 g/mol. The SMILES string of the molecule is O=C(O)c1cc(N2CCCCCC2)ccc1NS(=O)(=O)c1ccc(Br)cc1. The number of carboxylic acid groups (broad SMARTS) is 1. The molecule has 8 heteroatoms. The van der Waals surface area contributed by atoms with Gasteiger partial charge < -0.3 is 10.0 Å². The Kier molecular flexibility index (Phi) is 6.06. The van der Waals surface area contributed by atoms with Crippen molar-refractivity contribution < 1.29 is 18.3 Å². The van der Waals surface area contributed by atoms with Crippen LogP contribution in [0.25, 0.3) is 0 Å². The van der Waals surface area contributed by atoms with E-state index >= 15 is 0 Å². The smallest absolute Gasteiger partial charge is 0.337 e. The fourth-order valence-corrected chi connectivity index (χ4v) is 4.49. The van der Waals surface area contributed by atoms with Gasteiger partial charge >= 0.3 is 5.97 Å². The molecule has 6 nitrogen and oxygen atoms in total. The number of hydrogen-bond acceptors (Lipinski definition) is 4. The lowest BCUT2D eigenvalue weighted by atomic mass is 10.1. The first-order valence-corrected chi connectivity index (χ1v) is 11.0. The first kappa shape index (κ1) is 19.7. The van der Waals surface area contributed by atoms with E-state index in [-0.39, 0.29) is 16.1 Å². The van der Waals surface area contributed by atoms with Crippen molar-refractivity contribution in [1.29, 1.82) is 0 Å². The number of anilines is 2. The highest BCUT2D eigenvalue weighted by atomic mass is 79.9. The van der Waals surface area contributed by atoms with Crippen molar-refractivity contribution in [2.75, 3.05) is 22.7 Å². The lowest BCUT2D eigenvalue weighted by Crippen LogP contribution is -2.24. The summed E-state index contributed by atoms with van der Waals surface area (Å²) in [5.41, 5.74) is 0.808. The van der Waals surface area contributed by atoms with E-state index in [0.717, 1.165) is 36.1 Å². The average molecular weight is 453 g/mol. The molecule has 0 spiro atoms. The predicted octanol–water partition coefficient (Wildman–Crippen LogP) is 4.33. The van der Waals surface area contributed by atoms with Gasteiger partial charge in [-0.25, -0.2) is 13.2 Å². The quantitative estimate of drug-likeness (QED) is 0.704. The number of rotatable bonds is 5. The van der Waals surface area contributed by atoms with Crippen LogP contribution < -0.4 is 9.62 Å². The van der Waals surface area contributed by atoms with E-state index in [9.17, 15) is 18.3 Å². The van der Waals surface area contributed by atoms with Gasteiger partial charge in [-0.05, 0) is 55.3 Å². The number of carbonyl (C=O) groups is 1. The predicted molar refractivity (Wildman–Crippen MR) is 109 cm³/mol. The van der Waals surface area contributed by atoms with Crippen LogP contribution in [0.4, 0.5) is 11.4 Å². The van der Waals surface area contributed by atoms with Gasteiger partial charge in [-0.2, -0.15) is 0 Å². The fraction of sp³-hybridized carbons (Fsp3) is 0.316. The molecule has 1 saturated heterocycles. The molecule has 0 unspecified atom stereocenters. The van der Waals surface area contributed by atoms with E-state index in [1.165, 1.54) is 31.0 Å². The zero-order chi connectivity index (χ0) is 19.4.